The van der Waals surface area contributed by atoms with E-state index in [1.165, 1.54) is 23.5 Å². The summed E-state index contributed by atoms with van der Waals surface area (Å²) in [5, 5.41) is 0. The maximum Gasteiger partial charge on any atom is 0.113 e. The van der Waals surface area contributed by atoms with E-state index in [2.05, 4.69) is 26.7 Å². The van der Waals surface area contributed by atoms with Gasteiger partial charge in [-0.15, -0.1) is 11.3 Å². The average molecular weight is 340 g/mol. The molecule has 2 aromatic heterocycles. The van der Waals surface area contributed by atoms with Crippen LogP contribution >= 0.6 is 22.9 Å². The van der Waals surface area contributed by atoms with Gasteiger partial charge < -0.3 is 9.30 Å². The molecular weight excluding hydrogens is 318 g/mol. The lowest BCUT2D eigenvalue weighted by Crippen LogP contribution is -2.34. The van der Waals surface area contributed by atoms with Gasteiger partial charge in [0.1, 0.15) is 5.82 Å². The highest BCUT2D eigenvalue weighted by Gasteiger charge is 2.24. The van der Waals surface area contributed by atoms with E-state index in [4.69, 9.17) is 16.3 Å². The highest BCUT2D eigenvalue weighted by molar-refractivity contribution is 7.16. The highest BCUT2D eigenvalue weighted by Crippen LogP contribution is 2.29. The second-order valence-corrected chi connectivity index (χ2v) is 7.55. The Hall–Kier alpha value is -0.880. The number of rotatable bonds is 6. The average Bonchev–Trinajstić information content (AvgIpc) is 3.14. The lowest BCUT2D eigenvalue weighted by Gasteiger charge is -2.32. The zero-order valence-electron chi connectivity index (χ0n) is 12.9. The molecule has 22 heavy (non-hydrogen) atoms. The van der Waals surface area contributed by atoms with Gasteiger partial charge in [-0.3, -0.25) is 4.90 Å². The Kier molecular flexibility index (Phi) is 5.52. The Morgan fingerprint density at radius 2 is 2.36 bits per heavy atom. The second-order valence-electron chi connectivity index (χ2n) is 5.75. The number of halogens is 1. The Morgan fingerprint density at radius 3 is 3.14 bits per heavy atom. The van der Waals surface area contributed by atoms with Crippen LogP contribution in [0.3, 0.4) is 0 Å². The molecule has 0 aromatic carbocycles. The predicted molar refractivity (Wildman–Crippen MR) is 90.7 cm³/mol. The minimum atomic E-state index is 0.510. The zero-order valence-corrected chi connectivity index (χ0v) is 14.4. The van der Waals surface area contributed by atoms with Gasteiger partial charge in [0.25, 0.3) is 0 Å². The van der Waals surface area contributed by atoms with Crippen LogP contribution in [0.25, 0.3) is 0 Å². The number of hydrogen-bond donors (Lipinski definition) is 0. The van der Waals surface area contributed by atoms with Crippen molar-refractivity contribution in [3.8, 4) is 0 Å². The Balaban J connectivity index is 1.64. The van der Waals surface area contributed by atoms with Crippen molar-refractivity contribution in [2.45, 2.75) is 31.8 Å². The molecule has 4 nitrogen and oxygen atoms in total. The van der Waals surface area contributed by atoms with E-state index in [1.807, 2.05) is 12.3 Å². The minimum Gasteiger partial charge on any atom is -0.383 e. The minimum absolute atomic E-state index is 0.510. The van der Waals surface area contributed by atoms with E-state index in [0.717, 1.165) is 37.1 Å². The number of likely N-dealkylation sites (tertiary alicyclic amines) is 1. The van der Waals surface area contributed by atoms with E-state index in [0.29, 0.717) is 5.92 Å². The van der Waals surface area contributed by atoms with Crippen molar-refractivity contribution in [2.75, 3.05) is 26.8 Å². The molecule has 1 fully saturated rings. The summed E-state index contributed by atoms with van der Waals surface area (Å²) >= 11 is 7.71. The van der Waals surface area contributed by atoms with E-state index >= 15 is 0 Å². The van der Waals surface area contributed by atoms with Gasteiger partial charge in [0, 0.05) is 49.9 Å². The van der Waals surface area contributed by atoms with E-state index < -0.39 is 0 Å². The standard InChI is InChI=1S/C16H22ClN3OS/c1-21-10-9-20-8-6-18-16(20)13-3-2-7-19(11-13)12-14-4-5-15(17)22-14/h4-6,8,13H,2-3,7,9-12H2,1H3/t13-/m1/s1. The van der Waals surface area contributed by atoms with Crippen LogP contribution < -0.4 is 0 Å². The van der Waals surface area contributed by atoms with E-state index in [1.54, 1.807) is 18.4 Å². The molecule has 0 amide bonds. The summed E-state index contributed by atoms with van der Waals surface area (Å²) < 4.78 is 8.30. The molecule has 3 rings (SSSR count). The number of aromatic nitrogens is 2. The number of nitrogens with zero attached hydrogens (tertiary/aromatic N) is 3. The molecule has 0 spiro atoms. The lowest BCUT2D eigenvalue weighted by atomic mass is 9.97. The molecule has 0 bridgehead atoms. The van der Waals surface area contributed by atoms with Crippen molar-refractivity contribution >= 4 is 22.9 Å². The van der Waals surface area contributed by atoms with E-state index in [-0.39, 0.29) is 0 Å². The topological polar surface area (TPSA) is 30.3 Å². The molecule has 1 atom stereocenters. The van der Waals surface area contributed by atoms with Crippen molar-refractivity contribution in [3.05, 3.63) is 39.6 Å². The molecule has 1 aliphatic rings. The Labute approximate surface area is 140 Å². The van der Waals surface area contributed by atoms with Gasteiger partial charge in [-0.1, -0.05) is 11.6 Å². The third-order valence-corrected chi connectivity index (χ3v) is 5.38. The van der Waals surface area contributed by atoms with Crippen LogP contribution in [-0.4, -0.2) is 41.3 Å². The van der Waals surface area contributed by atoms with Crippen molar-refractivity contribution < 1.29 is 4.74 Å². The van der Waals surface area contributed by atoms with Crippen LogP contribution in [-0.2, 0) is 17.8 Å². The first-order chi connectivity index (χ1) is 10.8. The van der Waals surface area contributed by atoms with Gasteiger partial charge in [-0.2, -0.15) is 0 Å². The Bertz CT molecular complexity index is 598. The summed E-state index contributed by atoms with van der Waals surface area (Å²) in [4.78, 5) is 8.46. The van der Waals surface area contributed by atoms with Gasteiger partial charge in [0.2, 0.25) is 0 Å². The van der Waals surface area contributed by atoms with Crippen molar-refractivity contribution in [1.82, 2.24) is 14.5 Å². The molecule has 0 radical (unpaired) electrons. The van der Waals surface area contributed by atoms with Crippen LogP contribution in [0, 0.1) is 0 Å². The maximum atomic E-state index is 6.03. The first-order valence-corrected chi connectivity index (χ1v) is 8.92. The number of methoxy groups -OCH3 is 1. The van der Waals surface area contributed by atoms with Crippen LogP contribution in [0.1, 0.15) is 29.5 Å². The molecule has 1 saturated heterocycles. The van der Waals surface area contributed by atoms with Crippen molar-refractivity contribution in [3.63, 3.8) is 0 Å². The second kappa shape index (κ2) is 7.59. The molecule has 0 N–H and O–H groups in total. The normalized spacial score (nSPS) is 19.6. The number of hydrogen-bond acceptors (Lipinski definition) is 4. The summed E-state index contributed by atoms with van der Waals surface area (Å²) in [6.07, 6.45) is 6.40. The fourth-order valence-electron chi connectivity index (χ4n) is 3.13. The molecule has 0 aliphatic carbocycles. The third kappa shape index (κ3) is 3.90. The predicted octanol–water partition coefficient (Wildman–Crippen LogP) is 3.62. The number of thiophene rings is 1. The quantitative estimate of drug-likeness (QED) is 0.805. The largest absolute Gasteiger partial charge is 0.383 e. The summed E-state index contributed by atoms with van der Waals surface area (Å²) in [5.74, 6) is 1.71. The Morgan fingerprint density at radius 1 is 1.45 bits per heavy atom. The summed E-state index contributed by atoms with van der Waals surface area (Å²) in [6.45, 7) is 4.83. The first-order valence-electron chi connectivity index (χ1n) is 7.73. The van der Waals surface area contributed by atoms with Gasteiger partial charge in [0.15, 0.2) is 0 Å². The van der Waals surface area contributed by atoms with E-state index in [9.17, 15) is 0 Å². The zero-order chi connectivity index (χ0) is 15.4. The molecule has 1 aliphatic heterocycles. The molecular formula is C16H22ClN3OS. The lowest BCUT2D eigenvalue weighted by molar-refractivity contribution is 0.178. The smallest absolute Gasteiger partial charge is 0.113 e. The highest BCUT2D eigenvalue weighted by atomic mass is 35.5. The molecule has 6 heteroatoms. The number of piperidine rings is 1. The van der Waals surface area contributed by atoms with Crippen molar-refractivity contribution in [2.24, 2.45) is 0 Å². The molecule has 2 aromatic rings. The SMILES string of the molecule is COCCn1ccnc1[C@@H]1CCCN(Cc2ccc(Cl)s2)C1. The summed E-state index contributed by atoms with van der Waals surface area (Å²) in [6, 6.07) is 4.12. The van der Waals surface area contributed by atoms with Crippen LogP contribution in [0.2, 0.25) is 4.34 Å². The summed E-state index contributed by atoms with van der Waals surface area (Å²) in [5.41, 5.74) is 0. The molecule has 120 valence electrons. The molecule has 3 heterocycles. The number of imidazole rings is 1. The monoisotopic (exact) mass is 339 g/mol. The van der Waals surface area contributed by atoms with Gasteiger partial charge in [-0.25, -0.2) is 4.98 Å². The summed E-state index contributed by atoms with van der Waals surface area (Å²) in [7, 11) is 1.74. The molecule has 0 saturated carbocycles. The molecule has 0 unspecified atom stereocenters. The van der Waals surface area contributed by atoms with Gasteiger partial charge in [-0.05, 0) is 31.5 Å². The van der Waals surface area contributed by atoms with Crippen LogP contribution in [0.5, 0.6) is 0 Å². The van der Waals surface area contributed by atoms with Crippen LogP contribution in [0.15, 0.2) is 24.5 Å². The number of ether oxygens (including phenoxy) is 1. The van der Waals surface area contributed by atoms with Crippen LogP contribution in [0.4, 0.5) is 0 Å². The van der Waals surface area contributed by atoms with Crippen molar-refractivity contribution in [1.29, 1.82) is 0 Å². The van der Waals surface area contributed by atoms with Gasteiger partial charge >= 0.3 is 0 Å². The maximum absolute atomic E-state index is 6.03. The third-order valence-electron chi connectivity index (χ3n) is 4.16. The van der Waals surface area contributed by atoms with Gasteiger partial charge in [0.05, 0.1) is 10.9 Å². The first kappa shape index (κ1) is 16.0. The fraction of sp³-hybridized carbons (Fsp3) is 0.562. The fourth-order valence-corrected chi connectivity index (χ4v) is 4.26.